The Kier molecular flexibility index (Phi) is 4.82. The molecule has 0 radical (unpaired) electrons. The molecule has 32 heavy (non-hydrogen) atoms. The predicted molar refractivity (Wildman–Crippen MR) is 105 cm³/mol. The fraction of sp³-hybridized carbons (Fsp3) is 0.526. The van der Waals surface area contributed by atoms with Crippen molar-refractivity contribution in [1.82, 2.24) is 10.6 Å². The van der Waals surface area contributed by atoms with E-state index in [4.69, 9.17) is 16.2 Å². The minimum Gasteiger partial charge on any atom is -0.449 e. The van der Waals surface area contributed by atoms with Gasteiger partial charge in [0.1, 0.15) is 18.6 Å². The quantitative estimate of drug-likeness (QED) is 0.190. The molecular formula is C19H24F3N6O4+. The van der Waals surface area contributed by atoms with Crippen LogP contribution < -0.4 is 22.1 Å². The average Bonchev–Trinajstić information content (AvgIpc) is 3.15. The highest BCUT2D eigenvalue weighted by atomic mass is 19.4. The van der Waals surface area contributed by atoms with E-state index in [0.29, 0.717) is 12.5 Å². The number of guanidine groups is 2. The molecule has 0 aliphatic carbocycles. The van der Waals surface area contributed by atoms with Crippen molar-refractivity contribution < 1.29 is 37.5 Å². The maximum Gasteiger partial charge on any atom is 0.416 e. The van der Waals surface area contributed by atoms with E-state index in [1.165, 1.54) is 17.6 Å². The van der Waals surface area contributed by atoms with Gasteiger partial charge in [0.25, 0.3) is 5.79 Å². The molecule has 1 spiro atoms. The number of esters is 1. The molecular weight excluding hydrogens is 433 g/mol. The largest absolute Gasteiger partial charge is 0.449 e. The molecule has 0 aromatic heterocycles. The smallest absolute Gasteiger partial charge is 0.416 e. The van der Waals surface area contributed by atoms with Crippen molar-refractivity contribution in [2.24, 2.45) is 16.5 Å². The van der Waals surface area contributed by atoms with Crippen LogP contribution in [0.5, 0.6) is 0 Å². The number of benzene rings is 1. The van der Waals surface area contributed by atoms with E-state index in [1.54, 1.807) is 0 Å². The van der Waals surface area contributed by atoms with E-state index >= 15 is 0 Å². The Bertz CT molecular complexity index is 1040. The van der Waals surface area contributed by atoms with Crippen LogP contribution in [0.3, 0.4) is 0 Å². The van der Waals surface area contributed by atoms with Crippen LogP contribution in [0.15, 0.2) is 23.2 Å². The van der Waals surface area contributed by atoms with Gasteiger partial charge in [0.15, 0.2) is 12.1 Å². The standard InChI is InChI=1S/C19H23F3N6O4/c1-3-11-13-17(27-15(23)26-13)18(30,31)12(7-28(17)16(24)25-11)32-14(29)9-4-8(2)5-10(6-9)19(20,21)22/h4-6,11-13,30-31H,3,7H2,1-2H3,(H5,23,24,25,26,27)/p+1/t11-,12-,13-,17-/m0/s1. The molecule has 13 heteroatoms. The lowest BCUT2D eigenvalue weighted by molar-refractivity contribution is -0.623. The number of aryl methyl sites for hydroxylation is 1. The number of ether oxygens (including phenoxy) is 1. The van der Waals surface area contributed by atoms with Crippen molar-refractivity contribution in [3.8, 4) is 0 Å². The first kappa shape index (κ1) is 22.1. The first-order valence-corrected chi connectivity index (χ1v) is 9.94. The second-order valence-corrected chi connectivity index (χ2v) is 8.21. The molecule has 8 N–H and O–H groups in total. The first-order valence-electron chi connectivity index (χ1n) is 9.94. The van der Waals surface area contributed by atoms with Crippen LogP contribution in [-0.4, -0.2) is 68.9 Å². The number of aliphatic imine (C=N–C) groups is 1. The van der Waals surface area contributed by atoms with Gasteiger partial charge in [-0.05, 0) is 37.1 Å². The zero-order chi connectivity index (χ0) is 23.6. The molecule has 1 fully saturated rings. The van der Waals surface area contributed by atoms with Crippen molar-refractivity contribution in [2.75, 3.05) is 6.54 Å². The van der Waals surface area contributed by atoms with Gasteiger partial charge >= 0.3 is 18.1 Å². The van der Waals surface area contributed by atoms with Crippen molar-refractivity contribution >= 4 is 17.9 Å². The van der Waals surface area contributed by atoms with Crippen molar-refractivity contribution in [3.05, 3.63) is 34.9 Å². The zero-order valence-electron chi connectivity index (χ0n) is 17.3. The highest BCUT2D eigenvalue weighted by molar-refractivity contribution is 5.90. The molecule has 10 nitrogen and oxygen atoms in total. The van der Waals surface area contributed by atoms with Gasteiger partial charge in [0.2, 0.25) is 5.66 Å². The van der Waals surface area contributed by atoms with Crippen LogP contribution in [0.2, 0.25) is 0 Å². The Balaban J connectivity index is 1.69. The van der Waals surface area contributed by atoms with Gasteiger partial charge in [-0.2, -0.15) is 13.2 Å². The van der Waals surface area contributed by atoms with Crippen LogP contribution >= 0.6 is 0 Å². The van der Waals surface area contributed by atoms with E-state index in [9.17, 15) is 28.2 Å². The molecule has 0 amide bonds. The van der Waals surface area contributed by atoms with Crippen molar-refractivity contribution in [2.45, 2.75) is 56.1 Å². The lowest BCUT2D eigenvalue weighted by Gasteiger charge is -2.43. The summed E-state index contributed by atoms with van der Waals surface area (Å²) in [5, 5.41) is 28.1. The number of carbonyl (C=O) groups is 1. The average molecular weight is 457 g/mol. The van der Waals surface area contributed by atoms with Crippen LogP contribution in [0, 0.1) is 6.92 Å². The number of nitrogens with one attached hydrogen (secondary N) is 2. The Morgan fingerprint density at radius 3 is 2.66 bits per heavy atom. The minimum atomic E-state index is -4.66. The van der Waals surface area contributed by atoms with Crippen LogP contribution in [0.25, 0.3) is 0 Å². The summed E-state index contributed by atoms with van der Waals surface area (Å²) < 4.78 is 46.1. The molecule has 1 aromatic rings. The zero-order valence-corrected chi connectivity index (χ0v) is 17.3. The number of carbonyl (C=O) groups excluding carboxylic acids is 1. The number of hydrogen-bond donors (Lipinski definition) is 6. The van der Waals surface area contributed by atoms with Crippen molar-refractivity contribution in [1.29, 1.82) is 0 Å². The fourth-order valence-electron chi connectivity index (χ4n) is 4.69. The van der Waals surface area contributed by atoms with Crippen LogP contribution in [0.4, 0.5) is 13.2 Å². The molecule has 174 valence electrons. The summed E-state index contributed by atoms with van der Waals surface area (Å²) in [7, 11) is 0. The van der Waals surface area contributed by atoms with Crippen molar-refractivity contribution in [3.63, 3.8) is 0 Å². The molecule has 1 saturated heterocycles. The summed E-state index contributed by atoms with van der Waals surface area (Å²) in [4.78, 5) is 17.0. The molecule has 0 bridgehead atoms. The SMILES string of the molecule is CC[C@@H]1NC(N)=[N+]2C[C@H](OC(=O)c3cc(C)cc(C(F)(F)F)c3)C(O)(O)[C@@]23NC(N)=N[C@@H]13. The topological polar surface area (TPSA) is 158 Å². The summed E-state index contributed by atoms with van der Waals surface area (Å²) >= 11 is 0. The maximum absolute atomic E-state index is 13.1. The molecule has 4 atom stereocenters. The Morgan fingerprint density at radius 1 is 1.34 bits per heavy atom. The lowest BCUT2D eigenvalue weighted by atomic mass is 9.85. The van der Waals surface area contributed by atoms with Gasteiger partial charge in [-0.25, -0.2) is 14.4 Å². The third-order valence-electron chi connectivity index (χ3n) is 6.14. The number of nitrogens with zero attached hydrogens (tertiary/aromatic N) is 2. The van der Waals surface area contributed by atoms with E-state index < -0.39 is 47.3 Å². The summed E-state index contributed by atoms with van der Waals surface area (Å²) in [6, 6.07) is 1.57. The number of alkyl halides is 3. The summed E-state index contributed by atoms with van der Waals surface area (Å²) in [6.07, 6.45) is -5.72. The van der Waals surface area contributed by atoms with Gasteiger partial charge in [-0.1, -0.05) is 6.92 Å². The van der Waals surface area contributed by atoms with E-state index in [-0.39, 0.29) is 29.6 Å². The Labute approximate surface area is 180 Å². The fourth-order valence-corrected chi connectivity index (χ4v) is 4.69. The van der Waals surface area contributed by atoms with E-state index in [0.717, 1.165) is 6.07 Å². The van der Waals surface area contributed by atoms with Gasteiger partial charge in [0, 0.05) is 0 Å². The third kappa shape index (κ3) is 3.06. The van der Waals surface area contributed by atoms with Gasteiger partial charge < -0.3 is 26.0 Å². The molecule has 3 heterocycles. The number of halogens is 3. The van der Waals surface area contributed by atoms with Gasteiger partial charge in [-0.3, -0.25) is 11.1 Å². The molecule has 3 aliphatic heterocycles. The lowest BCUT2D eigenvalue weighted by Crippen LogP contribution is -2.78. The summed E-state index contributed by atoms with van der Waals surface area (Å²) in [5.41, 5.74) is 9.03. The third-order valence-corrected chi connectivity index (χ3v) is 6.14. The minimum absolute atomic E-state index is 0.0529. The Hall–Kier alpha value is -3.06. The summed E-state index contributed by atoms with van der Waals surface area (Å²) in [6.45, 7) is 2.98. The van der Waals surface area contributed by atoms with Crippen LogP contribution in [-0.2, 0) is 10.9 Å². The van der Waals surface area contributed by atoms with Gasteiger partial charge in [-0.15, -0.1) is 0 Å². The number of aliphatic hydroxyl groups is 2. The highest BCUT2D eigenvalue weighted by Gasteiger charge is 2.75. The Morgan fingerprint density at radius 2 is 2.03 bits per heavy atom. The molecule has 3 aliphatic rings. The molecule has 4 rings (SSSR count). The first-order chi connectivity index (χ1) is 14.8. The van der Waals surface area contributed by atoms with Gasteiger partial charge in [0.05, 0.1) is 11.1 Å². The maximum atomic E-state index is 13.1. The van der Waals surface area contributed by atoms with E-state index in [1.807, 2.05) is 6.92 Å². The molecule has 0 unspecified atom stereocenters. The predicted octanol–water partition coefficient (Wildman–Crippen LogP) is -1.07. The van der Waals surface area contributed by atoms with Crippen LogP contribution in [0.1, 0.15) is 34.8 Å². The summed E-state index contributed by atoms with van der Waals surface area (Å²) in [5.74, 6) is -3.83. The highest BCUT2D eigenvalue weighted by Crippen LogP contribution is 2.43. The second-order valence-electron chi connectivity index (χ2n) is 8.21. The van der Waals surface area contributed by atoms with E-state index in [2.05, 4.69) is 15.6 Å². The number of hydrogen-bond acceptors (Lipinski definition) is 9. The number of nitrogens with two attached hydrogens (primary N) is 2. The molecule has 1 aromatic carbocycles. The number of rotatable bonds is 3. The second kappa shape index (κ2) is 6.97. The molecule has 0 saturated carbocycles. The monoisotopic (exact) mass is 457 g/mol. The normalized spacial score (nSPS) is 30.7.